The van der Waals surface area contributed by atoms with Gasteiger partial charge in [0.25, 0.3) is 0 Å². The van der Waals surface area contributed by atoms with Crippen molar-refractivity contribution in [1.29, 1.82) is 0 Å². The Bertz CT molecular complexity index is 1380. The van der Waals surface area contributed by atoms with Gasteiger partial charge in [-0.3, -0.25) is 9.69 Å². The van der Waals surface area contributed by atoms with E-state index in [-0.39, 0.29) is 12.3 Å². The number of methoxy groups -OCH3 is 1. The topological polar surface area (TPSA) is 55.8 Å². The third kappa shape index (κ3) is 5.39. The van der Waals surface area contributed by atoms with Crippen molar-refractivity contribution >= 4 is 11.9 Å². The van der Waals surface area contributed by atoms with E-state index in [1.165, 1.54) is 4.90 Å². The van der Waals surface area contributed by atoms with Gasteiger partial charge in [-0.05, 0) is 67.8 Å². The van der Waals surface area contributed by atoms with E-state index in [4.69, 9.17) is 9.47 Å². The monoisotopic (exact) mass is 525 g/mol. The Morgan fingerprint density at radius 2 is 1.74 bits per heavy atom. The molecule has 2 atom stereocenters. The van der Waals surface area contributed by atoms with Crippen LogP contribution in [0.5, 0.6) is 5.75 Å². The van der Waals surface area contributed by atoms with Crippen molar-refractivity contribution in [2.45, 2.75) is 59.0 Å². The molecule has 0 unspecified atom stereocenters. The van der Waals surface area contributed by atoms with Crippen LogP contribution in [0.25, 0.3) is 11.1 Å². The molecule has 3 aromatic rings. The van der Waals surface area contributed by atoms with Crippen LogP contribution in [0.4, 0.5) is 18.0 Å². The maximum atomic E-state index is 13.4. The zero-order valence-corrected chi connectivity index (χ0v) is 22.0. The van der Waals surface area contributed by atoms with Crippen LogP contribution in [0.15, 0.2) is 54.6 Å². The summed E-state index contributed by atoms with van der Waals surface area (Å²) in [7, 11) is 1.55. The molecule has 0 saturated carbocycles. The number of amides is 1. The van der Waals surface area contributed by atoms with E-state index in [9.17, 15) is 22.8 Å². The van der Waals surface area contributed by atoms with Gasteiger partial charge in [-0.25, -0.2) is 4.79 Å². The molecule has 38 heavy (non-hydrogen) atoms. The first-order valence-corrected chi connectivity index (χ1v) is 12.4. The number of benzene rings is 3. The van der Waals surface area contributed by atoms with Crippen LogP contribution in [0, 0.1) is 13.8 Å². The molecular formula is C30H30F3NO4. The lowest BCUT2D eigenvalue weighted by molar-refractivity contribution is -0.137. The van der Waals surface area contributed by atoms with Gasteiger partial charge in [0.05, 0.1) is 25.3 Å². The fourth-order valence-electron chi connectivity index (χ4n) is 4.90. The molecule has 1 aliphatic heterocycles. The molecular weight excluding hydrogens is 495 g/mol. The summed E-state index contributed by atoms with van der Waals surface area (Å²) in [5.74, 6) is 0.579. The number of cyclic esters (lactones) is 1. The summed E-state index contributed by atoms with van der Waals surface area (Å²) in [4.78, 5) is 26.9. The molecule has 0 aromatic heterocycles. The lowest BCUT2D eigenvalue weighted by Crippen LogP contribution is -2.31. The van der Waals surface area contributed by atoms with Crippen LogP contribution in [0.2, 0.25) is 0 Å². The first kappa shape index (κ1) is 27.2. The maximum absolute atomic E-state index is 13.4. The van der Waals surface area contributed by atoms with Gasteiger partial charge in [0.15, 0.2) is 5.78 Å². The van der Waals surface area contributed by atoms with Crippen LogP contribution >= 0.6 is 0 Å². The molecule has 200 valence electrons. The van der Waals surface area contributed by atoms with E-state index in [1.54, 1.807) is 52.1 Å². The highest BCUT2D eigenvalue weighted by Gasteiger charge is 2.41. The van der Waals surface area contributed by atoms with Crippen molar-refractivity contribution in [3.8, 4) is 16.9 Å². The van der Waals surface area contributed by atoms with Crippen molar-refractivity contribution < 1.29 is 32.2 Å². The molecule has 0 bridgehead atoms. The summed E-state index contributed by atoms with van der Waals surface area (Å²) in [6.45, 7) is 7.25. The second kappa shape index (κ2) is 10.5. The third-order valence-corrected chi connectivity index (χ3v) is 6.88. The van der Waals surface area contributed by atoms with E-state index >= 15 is 0 Å². The molecule has 5 nitrogen and oxygen atoms in total. The minimum atomic E-state index is -4.50. The van der Waals surface area contributed by atoms with Crippen LogP contribution in [-0.4, -0.2) is 29.9 Å². The molecule has 1 saturated heterocycles. The fourth-order valence-corrected chi connectivity index (χ4v) is 4.90. The Kier molecular flexibility index (Phi) is 7.54. The zero-order chi connectivity index (χ0) is 27.8. The molecule has 0 aliphatic carbocycles. The van der Waals surface area contributed by atoms with Gasteiger partial charge in [0.2, 0.25) is 0 Å². The number of rotatable bonds is 7. The van der Waals surface area contributed by atoms with Gasteiger partial charge >= 0.3 is 12.3 Å². The van der Waals surface area contributed by atoms with Gasteiger partial charge in [0, 0.05) is 17.5 Å². The summed E-state index contributed by atoms with van der Waals surface area (Å²) >= 11 is 0. The van der Waals surface area contributed by atoms with Crippen LogP contribution in [0.1, 0.15) is 64.5 Å². The number of hydrogen-bond donors (Lipinski definition) is 0. The minimum Gasteiger partial charge on any atom is -0.496 e. The number of carbonyl (C=O) groups is 2. The van der Waals surface area contributed by atoms with E-state index in [2.05, 4.69) is 0 Å². The summed E-state index contributed by atoms with van der Waals surface area (Å²) < 4.78 is 51.5. The van der Waals surface area contributed by atoms with Gasteiger partial charge in [-0.1, -0.05) is 42.3 Å². The van der Waals surface area contributed by atoms with Crippen molar-refractivity contribution in [3.63, 3.8) is 0 Å². The predicted molar refractivity (Wildman–Crippen MR) is 138 cm³/mol. The van der Waals surface area contributed by atoms with Crippen LogP contribution in [0.3, 0.4) is 0 Å². The molecule has 0 radical (unpaired) electrons. The smallest absolute Gasteiger partial charge is 0.416 e. The highest BCUT2D eigenvalue weighted by molar-refractivity contribution is 5.97. The molecule has 4 rings (SSSR count). The Hall–Kier alpha value is -3.81. The number of Topliss-reactive ketones (excluding diaryl/α,β-unsaturated/α-hetero) is 1. The van der Waals surface area contributed by atoms with Crippen LogP contribution in [-0.2, 0) is 17.5 Å². The summed E-state index contributed by atoms with van der Waals surface area (Å²) in [5.41, 5.74) is 3.79. The number of ether oxygens (including phenoxy) is 2. The Morgan fingerprint density at radius 1 is 1.00 bits per heavy atom. The lowest BCUT2D eigenvalue weighted by Gasteiger charge is -2.24. The third-order valence-electron chi connectivity index (χ3n) is 6.88. The quantitative estimate of drug-likeness (QED) is 0.297. The van der Waals surface area contributed by atoms with Gasteiger partial charge < -0.3 is 9.47 Å². The largest absolute Gasteiger partial charge is 0.496 e. The van der Waals surface area contributed by atoms with E-state index < -0.39 is 30.0 Å². The number of hydrogen-bond acceptors (Lipinski definition) is 4. The highest BCUT2D eigenvalue weighted by Crippen LogP contribution is 2.40. The lowest BCUT2D eigenvalue weighted by atomic mass is 9.93. The van der Waals surface area contributed by atoms with E-state index in [0.717, 1.165) is 28.8 Å². The number of carbonyl (C=O) groups excluding carboxylic acids is 2. The molecule has 3 aromatic carbocycles. The zero-order valence-electron chi connectivity index (χ0n) is 22.0. The summed E-state index contributed by atoms with van der Waals surface area (Å²) in [5, 5.41) is 0. The Morgan fingerprint density at radius 3 is 2.39 bits per heavy atom. The maximum Gasteiger partial charge on any atom is 0.416 e. The van der Waals surface area contributed by atoms with Gasteiger partial charge in [0.1, 0.15) is 11.9 Å². The Balaban J connectivity index is 1.71. The fraction of sp³-hybridized carbons (Fsp3) is 0.333. The number of nitrogens with zero attached hydrogens (tertiary/aromatic N) is 1. The number of alkyl halides is 3. The molecule has 0 N–H and O–H groups in total. The number of aryl methyl sites for hydroxylation is 2. The average Bonchev–Trinajstić information content (AvgIpc) is 3.15. The molecule has 1 heterocycles. The minimum absolute atomic E-state index is 0.00136. The molecule has 8 heteroatoms. The standard InChI is InChI=1S/C30H30F3NO4/c1-6-26(35)20-8-10-27(37-5)25(15-20)24-9-7-17(2)11-22(24)16-34-19(4)28(38-29(34)36)21-12-18(3)13-23(14-21)30(31,32)33/h7-15,19,28H,6,16H2,1-5H3/t19-,28-/m0/s1. The first-order chi connectivity index (χ1) is 17.9. The van der Waals surface area contributed by atoms with Gasteiger partial charge in [-0.15, -0.1) is 0 Å². The summed E-state index contributed by atoms with van der Waals surface area (Å²) in [6, 6.07) is 14.3. The highest BCUT2D eigenvalue weighted by atomic mass is 19.4. The van der Waals surface area contributed by atoms with Crippen LogP contribution < -0.4 is 4.74 Å². The average molecular weight is 526 g/mol. The van der Waals surface area contributed by atoms with Crippen molar-refractivity contribution in [2.24, 2.45) is 0 Å². The molecule has 1 amide bonds. The second-order valence-corrected chi connectivity index (χ2v) is 9.66. The second-order valence-electron chi connectivity index (χ2n) is 9.66. The first-order valence-electron chi connectivity index (χ1n) is 12.4. The van der Waals surface area contributed by atoms with Crippen molar-refractivity contribution in [3.05, 3.63) is 88.0 Å². The van der Waals surface area contributed by atoms with E-state index in [1.807, 2.05) is 25.1 Å². The molecule has 1 fully saturated rings. The van der Waals surface area contributed by atoms with Crippen molar-refractivity contribution in [2.75, 3.05) is 7.11 Å². The number of ketones is 1. The molecule has 1 aliphatic rings. The molecule has 0 spiro atoms. The van der Waals surface area contributed by atoms with E-state index in [0.29, 0.717) is 34.4 Å². The summed E-state index contributed by atoms with van der Waals surface area (Å²) in [6.07, 6.45) is -5.60. The number of halogens is 3. The van der Waals surface area contributed by atoms with Crippen molar-refractivity contribution in [1.82, 2.24) is 4.90 Å². The normalized spacial score (nSPS) is 17.5. The predicted octanol–water partition coefficient (Wildman–Crippen LogP) is 7.67. The Labute approximate surface area is 220 Å². The van der Waals surface area contributed by atoms with Gasteiger partial charge in [-0.2, -0.15) is 13.2 Å². The SMILES string of the molecule is CCC(=O)c1ccc(OC)c(-c2ccc(C)cc2CN2C(=O)O[C@H](c3cc(C)cc(C(F)(F)F)c3)[C@@H]2C)c1.